The number of alkyl halides is 3. The second-order valence-corrected chi connectivity index (χ2v) is 5.85. The Bertz CT molecular complexity index is 556. The fourth-order valence-corrected chi connectivity index (χ4v) is 2.15. The lowest BCUT2D eigenvalue weighted by molar-refractivity contribution is -0.145. The summed E-state index contributed by atoms with van der Waals surface area (Å²) in [7, 11) is 0. The first kappa shape index (κ1) is 21.0. The third-order valence-electron chi connectivity index (χ3n) is 3.67. The molecular weight excluding hydrogens is 335 g/mol. The van der Waals surface area contributed by atoms with Crippen molar-refractivity contribution in [2.75, 3.05) is 6.61 Å². The first-order valence-electron chi connectivity index (χ1n) is 8.40. The molecule has 1 aromatic carbocycles. The van der Waals surface area contributed by atoms with Crippen LogP contribution in [0.25, 0.3) is 0 Å². The number of carbonyl (C=O) groups excluding carboxylic acids is 2. The van der Waals surface area contributed by atoms with Gasteiger partial charge in [0.05, 0.1) is 12.2 Å². The molecule has 0 saturated carbocycles. The quantitative estimate of drug-likeness (QED) is 0.527. The molecule has 0 aromatic heterocycles. The average Bonchev–Trinajstić information content (AvgIpc) is 2.57. The number of halogens is 3. The SMILES string of the molecule is CCCCCCCOC(=O)[C@H](C)NC(=O)c1ccc(C(F)(F)F)cc1. The van der Waals surface area contributed by atoms with E-state index in [4.69, 9.17) is 4.74 Å². The second-order valence-electron chi connectivity index (χ2n) is 5.85. The van der Waals surface area contributed by atoms with Crippen molar-refractivity contribution in [3.63, 3.8) is 0 Å². The van der Waals surface area contributed by atoms with Gasteiger partial charge in [-0.1, -0.05) is 32.6 Å². The standard InChI is InChI=1S/C18H24F3NO3/c1-3-4-5-6-7-12-25-17(24)13(2)22-16(23)14-8-10-15(11-9-14)18(19,20)21/h8-11,13H,3-7,12H2,1-2H3,(H,22,23)/t13-/m0/s1. The van der Waals surface area contributed by atoms with Crippen LogP contribution in [-0.2, 0) is 15.7 Å². The zero-order valence-electron chi connectivity index (χ0n) is 14.5. The van der Waals surface area contributed by atoms with Crippen LogP contribution in [0.4, 0.5) is 13.2 Å². The summed E-state index contributed by atoms with van der Waals surface area (Å²) in [5, 5.41) is 2.42. The Morgan fingerprint density at radius 2 is 1.68 bits per heavy atom. The van der Waals surface area contributed by atoms with Gasteiger partial charge >= 0.3 is 12.1 Å². The normalized spacial score (nSPS) is 12.5. The highest BCUT2D eigenvalue weighted by Gasteiger charge is 2.30. The van der Waals surface area contributed by atoms with Crippen LogP contribution in [0.15, 0.2) is 24.3 Å². The number of amides is 1. The van der Waals surface area contributed by atoms with Gasteiger partial charge < -0.3 is 10.1 Å². The van der Waals surface area contributed by atoms with Crippen LogP contribution in [0.5, 0.6) is 0 Å². The van der Waals surface area contributed by atoms with Gasteiger partial charge in [-0.25, -0.2) is 4.79 Å². The van der Waals surface area contributed by atoms with Gasteiger partial charge in [-0.05, 0) is 37.6 Å². The minimum atomic E-state index is -4.46. The van der Waals surface area contributed by atoms with E-state index >= 15 is 0 Å². The lowest BCUT2D eigenvalue weighted by Crippen LogP contribution is -2.39. The molecule has 0 bridgehead atoms. The molecule has 4 nitrogen and oxygen atoms in total. The number of esters is 1. The highest BCUT2D eigenvalue weighted by Crippen LogP contribution is 2.29. The summed E-state index contributed by atoms with van der Waals surface area (Å²) < 4.78 is 42.6. The molecule has 1 rings (SSSR count). The molecule has 0 unspecified atom stereocenters. The van der Waals surface area contributed by atoms with Crippen molar-refractivity contribution in [1.82, 2.24) is 5.32 Å². The molecule has 7 heteroatoms. The Labute approximate surface area is 145 Å². The number of benzene rings is 1. The second kappa shape index (κ2) is 10.1. The van der Waals surface area contributed by atoms with E-state index in [2.05, 4.69) is 12.2 Å². The van der Waals surface area contributed by atoms with Crippen molar-refractivity contribution < 1.29 is 27.5 Å². The predicted octanol–water partition coefficient (Wildman–Crippen LogP) is 4.34. The molecule has 0 saturated heterocycles. The summed E-state index contributed by atoms with van der Waals surface area (Å²) in [6, 6.07) is 2.93. The van der Waals surface area contributed by atoms with Crippen molar-refractivity contribution in [1.29, 1.82) is 0 Å². The molecule has 1 N–H and O–H groups in total. The van der Waals surface area contributed by atoms with E-state index in [9.17, 15) is 22.8 Å². The van der Waals surface area contributed by atoms with Crippen LogP contribution < -0.4 is 5.32 Å². The van der Waals surface area contributed by atoms with Crippen LogP contribution in [0.1, 0.15) is 61.9 Å². The van der Waals surface area contributed by atoms with Gasteiger partial charge in [0.2, 0.25) is 0 Å². The van der Waals surface area contributed by atoms with Crippen LogP contribution in [-0.4, -0.2) is 24.5 Å². The molecule has 1 atom stereocenters. The number of carbonyl (C=O) groups is 2. The Morgan fingerprint density at radius 1 is 1.08 bits per heavy atom. The zero-order valence-corrected chi connectivity index (χ0v) is 14.5. The molecule has 0 spiro atoms. The molecule has 25 heavy (non-hydrogen) atoms. The first-order valence-corrected chi connectivity index (χ1v) is 8.40. The summed E-state index contributed by atoms with van der Waals surface area (Å²) in [6.45, 7) is 3.88. The minimum Gasteiger partial charge on any atom is -0.464 e. The van der Waals surface area contributed by atoms with E-state index in [-0.39, 0.29) is 5.56 Å². The van der Waals surface area contributed by atoms with Crippen LogP contribution >= 0.6 is 0 Å². The molecule has 0 aliphatic rings. The fourth-order valence-electron chi connectivity index (χ4n) is 2.15. The molecule has 0 heterocycles. The number of ether oxygens (including phenoxy) is 1. The summed E-state index contributed by atoms with van der Waals surface area (Å²) in [6.07, 6.45) is 0.663. The summed E-state index contributed by atoms with van der Waals surface area (Å²) >= 11 is 0. The maximum absolute atomic E-state index is 12.5. The highest BCUT2D eigenvalue weighted by atomic mass is 19.4. The monoisotopic (exact) mass is 359 g/mol. The van der Waals surface area contributed by atoms with Gasteiger partial charge in [0.1, 0.15) is 6.04 Å². The molecule has 0 radical (unpaired) electrons. The smallest absolute Gasteiger partial charge is 0.416 e. The number of hydrogen-bond acceptors (Lipinski definition) is 3. The van der Waals surface area contributed by atoms with E-state index in [0.717, 1.165) is 56.4 Å². The van der Waals surface area contributed by atoms with Gasteiger partial charge in [-0.15, -0.1) is 0 Å². The van der Waals surface area contributed by atoms with Gasteiger partial charge in [0.25, 0.3) is 5.91 Å². The maximum Gasteiger partial charge on any atom is 0.416 e. The van der Waals surface area contributed by atoms with Crippen molar-refractivity contribution >= 4 is 11.9 Å². The van der Waals surface area contributed by atoms with Crippen molar-refractivity contribution in [3.8, 4) is 0 Å². The summed E-state index contributed by atoms with van der Waals surface area (Å²) in [5.74, 6) is -1.18. The maximum atomic E-state index is 12.5. The molecule has 0 aliphatic heterocycles. The lowest BCUT2D eigenvalue weighted by Gasteiger charge is -2.14. The van der Waals surface area contributed by atoms with Gasteiger partial charge in [-0.2, -0.15) is 13.2 Å². The average molecular weight is 359 g/mol. The topological polar surface area (TPSA) is 55.4 Å². The van der Waals surface area contributed by atoms with Crippen molar-refractivity contribution in [3.05, 3.63) is 35.4 Å². The molecule has 0 aliphatic carbocycles. The molecule has 140 valence electrons. The molecular formula is C18H24F3NO3. The Kier molecular flexibility index (Phi) is 8.45. The van der Waals surface area contributed by atoms with E-state index in [1.165, 1.54) is 6.92 Å². The Balaban J connectivity index is 2.41. The number of nitrogens with one attached hydrogen (secondary N) is 1. The summed E-state index contributed by atoms with van der Waals surface area (Å²) in [5.41, 5.74) is -0.785. The predicted molar refractivity (Wildman–Crippen MR) is 88.1 cm³/mol. The lowest BCUT2D eigenvalue weighted by atomic mass is 10.1. The van der Waals surface area contributed by atoms with E-state index in [1.807, 2.05) is 0 Å². The number of unbranched alkanes of at least 4 members (excludes halogenated alkanes) is 4. The third-order valence-corrected chi connectivity index (χ3v) is 3.67. The van der Waals surface area contributed by atoms with E-state index in [1.54, 1.807) is 0 Å². The molecule has 0 fully saturated rings. The van der Waals surface area contributed by atoms with Gasteiger partial charge in [-0.3, -0.25) is 4.79 Å². The van der Waals surface area contributed by atoms with Crippen molar-refractivity contribution in [2.24, 2.45) is 0 Å². The minimum absolute atomic E-state index is 0.0483. The zero-order chi connectivity index (χ0) is 18.9. The number of hydrogen-bond donors (Lipinski definition) is 1. The van der Waals surface area contributed by atoms with Gasteiger partial charge in [0, 0.05) is 5.56 Å². The summed E-state index contributed by atoms with van der Waals surface area (Å²) in [4.78, 5) is 23.8. The van der Waals surface area contributed by atoms with Crippen LogP contribution in [0.3, 0.4) is 0 Å². The first-order chi connectivity index (χ1) is 11.8. The fraction of sp³-hybridized carbons (Fsp3) is 0.556. The van der Waals surface area contributed by atoms with Crippen molar-refractivity contribution in [2.45, 2.75) is 58.2 Å². The van der Waals surface area contributed by atoms with Crippen LogP contribution in [0.2, 0.25) is 0 Å². The largest absolute Gasteiger partial charge is 0.464 e. The highest BCUT2D eigenvalue weighted by molar-refractivity contribution is 5.96. The molecule has 1 amide bonds. The number of rotatable bonds is 9. The third kappa shape index (κ3) is 7.58. The Morgan fingerprint density at radius 3 is 2.24 bits per heavy atom. The molecule has 1 aromatic rings. The van der Waals surface area contributed by atoms with E-state index in [0.29, 0.717) is 6.61 Å². The van der Waals surface area contributed by atoms with Gasteiger partial charge in [0.15, 0.2) is 0 Å². The van der Waals surface area contributed by atoms with Crippen LogP contribution in [0, 0.1) is 0 Å². The van der Waals surface area contributed by atoms with E-state index < -0.39 is 29.7 Å². The Hall–Kier alpha value is -2.05.